The van der Waals surface area contributed by atoms with Crippen LogP contribution in [0.3, 0.4) is 0 Å². The Morgan fingerprint density at radius 2 is 1.90 bits per heavy atom. The minimum absolute atomic E-state index is 0.0274. The highest BCUT2D eigenvalue weighted by Crippen LogP contribution is 2.36. The summed E-state index contributed by atoms with van der Waals surface area (Å²) in [6.45, 7) is 1.76. The van der Waals surface area contributed by atoms with Crippen LogP contribution in [0.4, 0.5) is 18.9 Å². The lowest BCUT2D eigenvalue weighted by Gasteiger charge is -2.14. The fourth-order valence-corrected chi connectivity index (χ4v) is 3.58. The van der Waals surface area contributed by atoms with Gasteiger partial charge in [-0.05, 0) is 49.5 Å². The molecule has 152 valence electrons. The predicted octanol–water partition coefficient (Wildman–Crippen LogP) is 5.27. The van der Waals surface area contributed by atoms with Gasteiger partial charge in [0.25, 0.3) is 5.56 Å². The zero-order valence-electron chi connectivity index (χ0n) is 15.5. The van der Waals surface area contributed by atoms with E-state index in [1.807, 2.05) is 24.3 Å². The number of hydrogen-bond donors (Lipinski definition) is 2. The molecule has 2 heterocycles. The number of alkyl halides is 3. The third-order valence-corrected chi connectivity index (χ3v) is 5.00. The van der Waals surface area contributed by atoms with Crippen molar-refractivity contribution in [1.82, 2.24) is 9.55 Å². The number of halogens is 3. The predicted molar refractivity (Wildman–Crippen MR) is 111 cm³/mol. The van der Waals surface area contributed by atoms with Crippen LogP contribution in [0, 0.1) is 4.77 Å². The average Bonchev–Trinajstić information content (AvgIpc) is 2.99. The molecule has 0 amide bonds. The second kappa shape index (κ2) is 7.10. The molecule has 4 rings (SSSR count). The Hall–Kier alpha value is -3.46. The normalized spacial score (nSPS) is 14.7. The molecule has 5 nitrogen and oxygen atoms in total. The molecule has 9 heteroatoms. The van der Waals surface area contributed by atoms with Gasteiger partial charge in [-0.15, -0.1) is 0 Å². The Kier molecular flexibility index (Phi) is 4.70. The first-order chi connectivity index (χ1) is 14.2. The molecule has 1 aromatic heterocycles. The number of aliphatic imine (C=N–C) groups is 1. The van der Waals surface area contributed by atoms with Crippen molar-refractivity contribution in [2.45, 2.75) is 13.1 Å². The molecule has 0 fully saturated rings. The quantitative estimate of drug-likeness (QED) is 0.546. The Labute approximate surface area is 173 Å². The largest absolute Gasteiger partial charge is 0.494 e. The van der Waals surface area contributed by atoms with Crippen LogP contribution in [0.25, 0.3) is 17.3 Å². The van der Waals surface area contributed by atoms with E-state index in [0.29, 0.717) is 11.3 Å². The van der Waals surface area contributed by atoms with E-state index in [2.05, 4.69) is 9.98 Å². The minimum Gasteiger partial charge on any atom is -0.494 e. The maximum absolute atomic E-state index is 13.1. The third kappa shape index (κ3) is 3.37. The van der Waals surface area contributed by atoms with Crippen LogP contribution in [0.2, 0.25) is 0 Å². The lowest BCUT2D eigenvalue weighted by atomic mass is 10.0. The van der Waals surface area contributed by atoms with E-state index in [1.54, 1.807) is 6.92 Å². The van der Waals surface area contributed by atoms with E-state index < -0.39 is 23.2 Å². The van der Waals surface area contributed by atoms with Crippen molar-refractivity contribution in [3.8, 4) is 11.6 Å². The molecule has 0 aliphatic carbocycles. The molecule has 0 bridgehead atoms. The Morgan fingerprint density at radius 3 is 2.63 bits per heavy atom. The topological polar surface area (TPSA) is 70.4 Å². The van der Waals surface area contributed by atoms with E-state index in [4.69, 9.17) is 12.2 Å². The van der Waals surface area contributed by atoms with Crippen LogP contribution >= 0.6 is 12.2 Å². The van der Waals surface area contributed by atoms with Crippen LogP contribution in [-0.4, -0.2) is 20.4 Å². The average molecular weight is 429 g/mol. The molecule has 0 radical (unpaired) electrons. The summed E-state index contributed by atoms with van der Waals surface area (Å²) >= 11 is 5.10. The Balaban J connectivity index is 1.93. The fraction of sp³-hybridized carbons (Fsp3) is 0.0952. The number of allylic oxidation sites excluding steroid dienone is 1. The molecule has 1 aliphatic rings. The lowest BCUT2D eigenvalue weighted by molar-refractivity contribution is -0.137. The van der Waals surface area contributed by atoms with Crippen molar-refractivity contribution < 1.29 is 18.3 Å². The highest BCUT2D eigenvalue weighted by Gasteiger charge is 2.31. The highest BCUT2D eigenvalue weighted by atomic mass is 32.1. The van der Waals surface area contributed by atoms with Gasteiger partial charge >= 0.3 is 6.18 Å². The summed E-state index contributed by atoms with van der Waals surface area (Å²) < 4.78 is 40.1. The maximum atomic E-state index is 13.1. The number of aromatic amines is 1. The molecule has 0 atom stereocenters. The number of fused-ring (bicyclic) bond motifs is 1. The summed E-state index contributed by atoms with van der Waals surface area (Å²) in [7, 11) is 0. The monoisotopic (exact) mass is 429 g/mol. The second-order valence-corrected chi connectivity index (χ2v) is 7.04. The van der Waals surface area contributed by atoms with E-state index in [1.165, 1.54) is 18.2 Å². The van der Waals surface area contributed by atoms with Gasteiger partial charge in [-0.1, -0.05) is 24.3 Å². The minimum atomic E-state index is -4.57. The van der Waals surface area contributed by atoms with Gasteiger partial charge in [0.1, 0.15) is 5.56 Å². The van der Waals surface area contributed by atoms with Crippen molar-refractivity contribution >= 4 is 35.3 Å². The van der Waals surface area contributed by atoms with Crippen LogP contribution in [0.1, 0.15) is 23.6 Å². The first-order valence-corrected chi connectivity index (χ1v) is 9.20. The Morgan fingerprint density at radius 1 is 1.17 bits per heavy atom. The number of nitrogens with one attached hydrogen (secondary N) is 1. The summed E-state index contributed by atoms with van der Waals surface area (Å²) in [5.41, 5.74) is 1.04. The number of hydrogen-bond acceptors (Lipinski definition) is 4. The summed E-state index contributed by atoms with van der Waals surface area (Å²) in [5.74, 6) is -0.562. The third-order valence-electron chi connectivity index (χ3n) is 4.71. The molecule has 1 aliphatic heterocycles. The van der Waals surface area contributed by atoms with Crippen molar-refractivity contribution in [1.29, 1.82) is 0 Å². The molecular weight excluding hydrogens is 415 g/mol. The van der Waals surface area contributed by atoms with Crippen LogP contribution in [0.15, 0.2) is 58.3 Å². The van der Waals surface area contributed by atoms with Gasteiger partial charge in [0.15, 0.2) is 4.77 Å². The molecule has 0 spiro atoms. The molecule has 3 aromatic rings. The number of para-hydroxylation sites is 1. The number of H-pyrrole nitrogens is 1. The molecule has 0 unspecified atom stereocenters. The van der Waals surface area contributed by atoms with Crippen LogP contribution < -0.4 is 5.56 Å². The summed E-state index contributed by atoms with van der Waals surface area (Å²) in [5, 5.41) is 10.8. The van der Waals surface area contributed by atoms with Gasteiger partial charge in [-0.3, -0.25) is 19.3 Å². The van der Waals surface area contributed by atoms with Gasteiger partial charge in [0, 0.05) is 16.8 Å². The van der Waals surface area contributed by atoms with E-state index >= 15 is 0 Å². The van der Waals surface area contributed by atoms with Crippen LogP contribution in [0.5, 0.6) is 5.88 Å². The number of rotatable bonds is 2. The molecule has 0 saturated heterocycles. The fourth-order valence-electron chi connectivity index (χ4n) is 3.29. The number of benzene rings is 2. The standard InChI is InChI=1S/C21H14F3N3O2S/c1-11-15(14-7-2-3-8-17(14)25-11)10-16-18(28)26-20(30)27(19(16)29)13-6-4-5-12(9-13)21(22,23)24/h2-10,29H,1H3,(H,26,28,30). The van der Waals surface area contributed by atoms with E-state index in [0.717, 1.165) is 28.0 Å². The van der Waals surface area contributed by atoms with Gasteiger partial charge < -0.3 is 5.11 Å². The van der Waals surface area contributed by atoms with Crippen LogP contribution in [-0.2, 0) is 6.18 Å². The van der Waals surface area contributed by atoms with Gasteiger partial charge in [-0.25, -0.2) is 0 Å². The zero-order chi connectivity index (χ0) is 21.6. The van der Waals surface area contributed by atoms with Gasteiger partial charge in [-0.2, -0.15) is 13.2 Å². The first-order valence-electron chi connectivity index (χ1n) is 8.79. The van der Waals surface area contributed by atoms with E-state index in [-0.39, 0.29) is 16.0 Å². The molecule has 2 N–H and O–H groups in total. The van der Waals surface area contributed by atoms with Gasteiger partial charge in [0.2, 0.25) is 5.88 Å². The summed E-state index contributed by atoms with van der Waals surface area (Å²) in [6, 6.07) is 11.6. The van der Waals surface area contributed by atoms with Crippen molar-refractivity contribution in [2.24, 2.45) is 4.99 Å². The molecule has 0 saturated carbocycles. The highest BCUT2D eigenvalue weighted by molar-refractivity contribution is 7.71. The zero-order valence-corrected chi connectivity index (χ0v) is 16.3. The van der Waals surface area contributed by atoms with E-state index in [9.17, 15) is 23.1 Å². The number of aromatic hydroxyl groups is 1. The maximum Gasteiger partial charge on any atom is 0.416 e. The smallest absolute Gasteiger partial charge is 0.416 e. The molecule has 2 aromatic carbocycles. The SMILES string of the molecule is CC1=Nc2ccccc2C1=Cc1c(O)n(-c2cccc(C(F)(F)F)c2)c(=S)[nH]c1=O. The van der Waals surface area contributed by atoms with Crippen molar-refractivity contribution in [2.75, 3.05) is 0 Å². The first kappa shape index (κ1) is 19.8. The van der Waals surface area contributed by atoms with Gasteiger partial charge in [0.05, 0.1) is 16.9 Å². The molecular formula is C21H14F3N3O2S. The van der Waals surface area contributed by atoms with Crippen molar-refractivity contribution in [3.63, 3.8) is 0 Å². The van der Waals surface area contributed by atoms with Crippen molar-refractivity contribution in [3.05, 3.63) is 80.3 Å². The lowest BCUT2D eigenvalue weighted by Crippen LogP contribution is -2.16. The number of aromatic nitrogens is 2. The number of nitrogens with zero attached hydrogens (tertiary/aromatic N) is 2. The summed E-state index contributed by atoms with van der Waals surface area (Å²) in [4.78, 5) is 19.4. The Bertz CT molecular complexity index is 1350. The summed E-state index contributed by atoms with van der Waals surface area (Å²) in [6.07, 6.45) is -3.11. The molecule has 30 heavy (non-hydrogen) atoms. The second-order valence-electron chi connectivity index (χ2n) is 6.65.